The third kappa shape index (κ3) is 4.88. The summed E-state index contributed by atoms with van der Waals surface area (Å²) in [6.45, 7) is 6.44. The number of likely N-dealkylation sites (tertiary alicyclic amines) is 1. The molecule has 3 heteroatoms. The summed E-state index contributed by atoms with van der Waals surface area (Å²) < 4.78 is 4.82. The summed E-state index contributed by atoms with van der Waals surface area (Å²) >= 11 is 0. The average molecular weight is 187 g/mol. The molecule has 78 valence electrons. The van der Waals surface area contributed by atoms with Crippen LogP contribution < -0.4 is 0 Å². The normalized spacial score (nSPS) is 15.2. The van der Waals surface area contributed by atoms with Crippen molar-refractivity contribution in [2.75, 3.05) is 26.8 Å². The lowest BCUT2D eigenvalue weighted by Gasteiger charge is -2.14. The number of ether oxygens (including phenoxy) is 1. The molecule has 1 saturated heterocycles. The van der Waals surface area contributed by atoms with Crippen LogP contribution in [0.15, 0.2) is 0 Å². The molecule has 0 atom stereocenters. The summed E-state index contributed by atoms with van der Waals surface area (Å²) in [6, 6.07) is 0. The van der Waals surface area contributed by atoms with Crippen molar-refractivity contribution >= 4 is 5.91 Å². The number of carbonyl (C=O) groups is 1. The molecule has 0 spiro atoms. The number of methoxy groups -OCH3 is 1. The Morgan fingerprint density at radius 3 is 2.31 bits per heavy atom. The Balaban J connectivity index is 0.000000671. The van der Waals surface area contributed by atoms with Crippen LogP contribution in [0.4, 0.5) is 0 Å². The van der Waals surface area contributed by atoms with E-state index in [0.29, 0.717) is 13.0 Å². The zero-order valence-corrected chi connectivity index (χ0v) is 9.01. The van der Waals surface area contributed by atoms with E-state index in [4.69, 9.17) is 4.74 Å². The van der Waals surface area contributed by atoms with Crippen molar-refractivity contribution < 1.29 is 9.53 Å². The Kier molecular flexibility index (Phi) is 7.69. The van der Waals surface area contributed by atoms with Crippen molar-refractivity contribution in [2.24, 2.45) is 0 Å². The number of carbonyl (C=O) groups excluding carboxylic acids is 1. The van der Waals surface area contributed by atoms with Crippen LogP contribution >= 0.6 is 0 Å². The van der Waals surface area contributed by atoms with E-state index < -0.39 is 0 Å². The van der Waals surface area contributed by atoms with E-state index in [9.17, 15) is 4.79 Å². The van der Waals surface area contributed by atoms with E-state index >= 15 is 0 Å². The molecule has 0 aliphatic carbocycles. The maximum Gasteiger partial charge on any atom is 0.224 e. The Hall–Kier alpha value is -0.570. The van der Waals surface area contributed by atoms with Gasteiger partial charge in [0.2, 0.25) is 5.91 Å². The molecule has 3 nitrogen and oxygen atoms in total. The highest BCUT2D eigenvalue weighted by atomic mass is 16.5. The van der Waals surface area contributed by atoms with Crippen LogP contribution in [0, 0.1) is 0 Å². The zero-order valence-electron chi connectivity index (χ0n) is 9.01. The van der Waals surface area contributed by atoms with E-state index in [1.165, 1.54) is 12.8 Å². The van der Waals surface area contributed by atoms with Gasteiger partial charge in [0.1, 0.15) is 0 Å². The van der Waals surface area contributed by atoms with Gasteiger partial charge in [-0.2, -0.15) is 0 Å². The lowest BCUT2D eigenvalue weighted by Crippen LogP contribution is -2.28. The highest BCUT2D eigenvalue weighted by molar-refractivity contribution is 5.76. The zero-order chi connectivity index (χ0) is 10.1. The molecule has 0 bridgehead atoms. The second kappa shape index (κ2) is 8.05. The fraction of sp³-hybridized carbons (Fsp3) is 0.900. The maximum absolute atomic E-state index is 11.3. The first-order chi connectivity index (χ1) is 6.34. The van der Waals surface area contributed by atoms with Gasteiger partial charge in [0.25, 0.3) is 0 Å². The van der Waals surface area contributed by atoms with Crippen LogP contribution in [0.5, 0.6) is 0 Å². The van der Waals surface area contributed by atoms with Crippen molar-refractivity contribution in [3.63, 3.8) is 0 Å². The largest absolute Gasteiger partial charge is 0.384 e. The fourth-order valence-electron chi connectivity index (χ4n) is 1.31. The third-order valence-electron chi connectivity index (χ3n) is 1.98. The van der Waals surface area contributed by atoms with Crippen molar-refractivity contribution in [1.29, 1.82) is 0 Å². The molecule has 1 amide bonds. The number of hydrogen-bond donors (Lipinski definition) is 0. The highest BCUT2D eigenvalue weighted by Crippen LogP contribution is 2.08. The standard InChI is InChI=1S/C8H15NO2.C2H6/c1-11-7-4-8(10)9-5-2-3-6-9;1-2/h2-7H2,1H3;1-2H3. The third-order valence-corrected chi connectivity index (χ3v) is 1.98. The molecule has 0 saturated carbocycles. The number of rotatable bonds is 3. The van der Waals surface area contributed by atoms with E-state index in [-0.39, 0.29) is 5.91 Å². The van der Waals surface area contributed by atoms with Crippen molar-refractivity contribution in [3.8, 4) is 0 Å². The Labute approximate surface area is 81.1 Å². The summed E-state index contributed by atoms with van der Waals surface area (Å²) in [5.41, 5.74) is 0. The second-order valence-electron chi connectivity index (χ2n) is 2.83. The molecule has 1 heterocycles. The van der Waals surface area contributed by atoms with E-state index in [2.05, 4.69) is 0 Å². The average Bonchev–Trinajstić information content (AvgIpc) is 2.70. The summed E-state index contributed by atoms with van der Waals surface area (Å²) in [4.78, 5) is 13.2. The van der Waals surface area contributed by atoms with Gasteiger partial charge in [-0.05, 0) is 12.8 Å². The SMILES string of the molecule is CC.COCCC(=O)N1CCCC1. The van der Waals surface area contributed by atoms with Gasteiger partial charge in [-0.1, -0.05) is 13.8 Å². The molecule has 0 aromatic carbocycles. The molecule has 0 radical (unpaired) electrons. The van der Waals surface area contributed by atoms with E-state index in [1.807, 2.05) is 18.7 Å². The number of amides is 1. The summed E-state index contributed by atoms with van der Waals surface area (Å²) in [5.74, 6) is 0.240. The van der Waals surface area contributed by atoms with Crippen LogP contribution in [0.1, 0.15) is 33.1 Å². The smallest absolute Gasteiger partial charge is 0.224 e. The lowest BCUT2D eigenvalue weighted by molar-refractivity contribution is -0.131. The van der Waals surface area contributed by atoms with Gasteiger partial charge < -0.3 is 9.64 Å². The first-order valence-electron chi connectivity index (χ1n) is 5.11. The maximum atomic E-state index is 11.3. The second-order valence-corrected chi connectivity index (χ2v) is 2.83. The van der Waals surface area contributed by atoms with Gasteiger partial charge in [0.15, 0.2) is 0 Å². The molecular formula is C10H21NO2. The number of hydrogen-bond acceptors (Lipinski definition) is 2. The van der Waals surface area contributed by atoms with Gasteiger partial charge in [0.05, 0.1) is 13.0 Å². The predicted octanol–water partition coefficient (Wildman–Crippen LogP) is 1.67. The minimum atomic E-state index is 0.240. The first-order valence-corrected chi connectivity index (χ1v) is 5.11. The molecular weight excluding hydrogens is 166 g/mol. The molecule has 1 rings (SSSR count). The molecule has 0 unspecified atom stereocenters. The quantitative estimate of drug-likeness (QED) is 0.672. The molecule has 1 aliphatic rings. The van der Waals surface area contributed by atoms with Gasteiger partial charge in [0, 0.05) is 20.2 Å². The van der Waals surface area contributed by atoms with Crippen LogP contribution in [-0.4, -0.2) is 37.6 Å². The van der Waals surface area contributed by atoms with Crippen molar-refractivity contribution in [1.82, 2.24) is 4.90 Å². The minimum absolute atomic E-state index is 0.240. The predicted molar refractivity (Wildman–Crippen MR) is 53.7 cm³/mol. The van der Waals surface area contributed by atoms with E-state index in [1.54, 1.807) is 7.11 Å². The summed E-state index contributed by atoms with van der Waals surface area (Å²) in [5, 5.41) is 0. The molecule has 0 aromatic rings. The topological polar surface area (TPSA) is 29.5 Å². The minimum Gasteiger partial charge on any atom is -0.384 e. The number of nitrogens with zero attached hydrogens (tertiary/aromatic N) is 1. The molecule has 1 fully saturated rings. The van der Waals surface area contributed by atoms with E-state index in [0.717, 1.165) is 13.1 Å². The van der Waals surface area contributed by atoms with Crippen LogP contribution in [0.25, 0.3) is 0 Å². The van der Waals surface area contributed by atoms with Gasteiger partial charge in [-0.25, -0.2) is 0 Å². The Morgan fingerprint density at radius 2 is 1.85 bits per heavy atom. The van der Waals surface area contributed by atoms with Gasteiger partial charge in [-0.3, -0.25) is 4.79 Å². The van der Waals surface area contributed by atoms with Crippen molar-refractivity contribution in [3.05, 3.63) is 0 Å². The molecule has 0 N–H and O–H groups in total. The molecule has 1 aliphatic heterocycles. The monoisotopic (exact) mass is 187 g/mol. The molecule has 0 aromatic heterocycles. The van der Waals surface area contributed by atoms with Crippen LogP contribution in [0.3, 0.4) is 0 Å². The Bertz CT molecular complexity index is 131. The highest BCUT2D eigenvalue weighted by Gasteiger charge is 2.16. The molecule has 13 heavy (non-hydrogen) atoms. The lowest BCUT2D eigenvalue weighted by atomic mass is 10.4. The van der Waals surface area contributed by atoms with Crippen LogP contribution in [-0.2, 0) is 9.53 Å². The first kappa shape index (κ1) is 12.4. The summed E-state index contributed by atoms with van der Waals surface area (Å²) in [7, 11) is 1.62. The Morgan fingerprint density at radius 1 is 1.31 bits per heavy atom. The van der Waals surface area contributed by atoms with Crippen molar-refractivity contribution in [2.45, 2.75) is 33.1 Å². The fourth-order valence-corrected chi connectivity index (χ4v) is 1.31. The van der Waals surface area contributed by atoms with Gasteiger partial charge >= 0.3 is 0 Å². The summed E-state index contributed by atoms with van der Waals surface area (Å²) in [6.07, 6.45) is 2.87. The van der Waals surface area contributed by atoms with Gasteiger partial charge in [-0.15, -0.1) is 0 Å². The van der Waals surface area contributed by atoms with Crippen LogP contribution in [0.2, 0.25) is 0 Å².